The maximum atomic E-state index is 13.6. The number of rotatable bonds is 2. The van der Waals surface area contributed by atoms with Gasteiger partial charge in [0, 0.05) is 17.7 Å². The lowest BCUT2D eigenvalue weighted by atomic mass is 10.0. The fraction of sp³-hybridized carbons (Fsp3) is 0.286. The van der Waals surface area contributed by atoms with Gasteiger partial charge in [-0.2, -0.15) is 18.3 Å². The van der Waals surface area contributed by atoms with Crippen LogP contribution < -0.4 is 5.32 Å². The van der Waals surface area contributed by atoms with Gasteiger partial charge < -0.3 is 5.32 Å². The summed E-state index contributed by atoms with van der Waals surface area (Å²) in [6, 6.07) is 13.5. The largest absolute Gasteiger partial charge is 0.418 e. The van der Waals surface area contributed by atoms with Crippen molar-refractivity contribution in [2.24, 2.45) is 0 Å². The summed E-state index contributed by atoms with van der Waals surface area (Å²) in [4.78, 5) is 0. The Morgan fingerprint density at radius 2 is 1.85 bits per heavy atom. The lowest BCUT2D eigenvalue weighted by molar-refractivity contribution is -0.137. The van der Waals surface area contributed by atoms with E-state index in [4.69, 9.17) is 0 Å². The molecular weight excluding hydrogens is 351 g/mol. The number of alkyl halides is 3. The second kappa shape index (κ2) is 6.76. The predicted octanol–water partition coefficient (Wildman–Crippen LogP) is 5.61. The summed E-state index contributed by atoms with van der Waals surface area (Å²) < 4.78 is 42.1. The van der Waals surface area contributed by atoms with Crippen LogP contribution in [0.25, 0.3) is 16.9 Å². The number of aromatic nitrogens is 2. The number of anilines is 1. The minimum atomic E-state index is -4.44. The maximum absolute atomic E-state index is 13.6. The molecule has 1 aliphatic rings. The fourth-order valence-electron chi connectivity index (χ4n) is 3.60. The molecule has 0 fully saturated rings. The smallest absolute Gasteiger partial charge is 0.370 e. The van der Waals surface area contributed by atoms with Crippen molar-refractivity contribution in [1.82, 2.24) is 9.78 Å². The number of fused-ring (bicyclic) bond motifs is 1. The molecule has 0 saturated heterocycles. The second-order valence-electron chi connectivity index (χ2n) is 6.86. The minimum absolute atomic E-state index is 0.0505. The van der Waals surface area contributed by atoms with Gasteiger partial charge in [0.2, 0.25) is 0 Å². The Labute approximate surface area is 155 Å². The summed E-state index contributed by atoms with van der Waals surface area (Å²) >= 11 is 0. The van der Waals surface area contributed by atoms with Crippen molar-refractivity contribution in [3.63, 3.8) is 0 Å². The molecule has 0 bridgehead atoms. The Morgan fingerprint density at radius 3 is 2.63 bits per heavy atom. The van der Waals surface area contributed by atoms with E-state index in [0.717, 1.165) is 54.3 Å². The molecule has 0 saturated carbocycles. The average molecular weight is 371 g/mol. The molecule has 0 unspecified atom stereocenters. The molecule has 0 atom stereocenters. The number of nitrogens with one attached hydrogen (secondary N) is 1. The average Bonchev–Trinajstić information content (AvgIpc) is 2.82. The van der Waals surface area contributed by atoms with E-state index < -0.39 is 11.7 Å². The zero-order valence-corrected chi connectivity index (χ0v) is 15.0. The Bertz CT molecular complexity index is 973. The number of nitrogens with zero attached hydrogens (tertiary/aromatic N) is 2. The first-order chi connectivity index (χ1) is 12.9. The molecule has 0 spiro atoms. The van der Waals surface area contributed by atoms with E-state index in [2.05, 4.69) is 10.4 Å². The third-order valence-electron chi connectivity index (χ3n) is 4.86. The molecule has 1 N–H and O–H groups in total. The highest BCUT2D eigenvalue weighted by Gasteiger charge is 2.35. The molecule has 0 aliphatic carbocycles. The highest BCUT2D eigenvalue weighted by molar-refractivity contribution is 5.72. The summed E-state index contributed by atoms with van der Waals surface area (Å²) in [6.45, 7) is 2.72. The standard InChI is InChI=1S/C21H20F3N3/c1-14-7-6-8-15(13-14)19-16-9-4-5-12-25-20(16)27(26-19)18-11-3-2-10-17(18)21(22,23)24/h2-3,6-8,10-11,13,25H,4-5,9,12H2,1H3. The van der Waals surface area contributed by atoms with E-state index in [1.54, 1.807) is 6.07 Å². The molecule has 0 amide bonds. The van der Waals surface area contributed by atoms with Crippen LogP contribution in [0.2, 0.25) is 0 Å². The molecule has 1 aromatic heterocycles. The molecular formula is C21H20F3N3. The van der Waals surface area contributed by atoms with Crippen molar-refractivity contribution in [2.45, 2.75) is 32.4 Å². The molecule has 140 valence electrons. The van der Waals surface area contributed by atoms with Crippen LogP contribution in [-0.4, -0.2) is 16.3 Å². The first-order valence-corrected chi connectivity index (χ1v) is 9.04. The summed E-state index contributed by atoms with van der Waals surface area (Å²) in [5, 5.41) is 7.95. The number of aryl methyl sites for hydroxylation is 1. The second-order valence-corrected chi connectivity index (χ2v) is 6.86. The van der Waals surface area contributed by atoms with E-state index in [1.165, 1.54) is 16.8 Å². The van der Waals surface area contributed by atoms with Gasteiger partial charge in [-0.15, -0.1) is 0 Å². The highest BCUT2D eigenvalue weighted by atomic mass is 19.4. The lowest BCUT2D eigenvalue weighted by Gasteiger charge is -2.15. The van der Waals surface area contributed by atoms with Crippen molar-refractivity contribution < 1.29 is 13.2 Å². The van der Waals surface area contributed by atoms with Gasteiger partial charge in [0.15, 0.2) is 0 Å². The number of para-hydroxylation sites is 1. The topological polar surface area (TPSA) is 29.9 Å². The van der Waals surface area contributed by atoms with E-state index >= 15 is 0 Å². The van der Waals surface area contributed by atoms with Crippen LogP contribution in [0.5, 0.6) is 0 Å². The summed E-state index contributed by atoms with van der Waals surface area (Å²) in [6.07, 6.45) is -1.70. The maximum Gasteiger partial charge on any atom is 0.418 e. The normalized spacial score (nSPS) is 14.4. The van der Waals surface area contributed by atoms with Crippen molar-refractivity contribution in [3.05, 3.63) is 65.2 Å². The lowest BCUT2D eigenvalue weighted by Crippen LogP contribution is -2.14. The SMILES string of the molecule is Cc1cccc(-c2nn(-c3ccccc3C(F)(F)F)c3c2CCCCN3)c1. The molecule has 3 nitrogen and oxygen atoms in total. The molecule has 6 heteroatoms. The van der Waals surface area contributed by atoms with Crippen molar-refractivity contribution in [1.29, 1.82) is 0 Å². The molecule has 4 rings (SSSR count). The number of halogens is 3. The number of hydrogen-bond acceptors (Lipinski definition) is 2. The molecule has 3 aromatic rings. The Kier molecular flexibility index (Phi) is 4.42. The highest BCUT2D eigenvalue weighted by Crippen LogP contribution is 2.38. The molecule has 2 aromatic carbocycles. The minimum Gasteiger partial charge on any atom is -0.370 e. The van der Waals surface area contributed by atoms with Gasteiger partial charge in [0.05, 0.1) is 16.9 Å². The third-order valence-corrected chi connectivity index (χ3v) is 4.86. The van der Waals surface area contributed by atoms with Crippen LogP contribution in [0.3, 0.4) is 0 Å². The van der Waals surface area contributed by atoms with Crippen LogP contribution in [0.4, 0.5) is 19.0 Å². The third kappa shape index (κ3) is 3.31. The summed E-state index contributed by atoms with van der Waals surface area (Å²) in [5.41, 5.74) is 3.12. The van der Waals surface area contributed by atoms with E-state index in [-0.39, 0.29) is 5.69 Å². The van der Waals surface area contributed by atoms with Crippen molar-refractivity contribution in [3.8, 4) is 16.9 Å². The first-order valence-electron chi connectivity index (χ1n) is 9.04. The zero-order valence-electron chi connectivity index (χ0n) is 15.0. The first kappa shape index (κ1) is 17.6. The van der Waals surface area contributed by atoms with Crippen LogP contribution in [0.15, 0.2) is 48.5 Å². The monoisotopic (exact) mass is 371 g/mol. The van der Waals surface area contributed by atoms with E-state index in [1.807, 2.05) is 31.2 Å². The van der Waals surface area contributed by atoms with Gasteiger partial charge in [0.25, 0.3) is 0 Å². The van der Waals surface area contributed by atoms with Crippen LogP contribution in [0, 0.1) is 6.92 Å². The Balaban J connectivity index is 1.96. The molecule has 2 heterocycles. The van der Waals surface area contributed by atoms with Crippen LogP contribution >= 0.6 is 0 Å². The van der Waals surface area contributed by atoms with Crippen molar-refractivity contribution in [2.75, 3.05) is 11.9 Å². The molecule has 1 aliphatic heterocycles. The zero-order chi connectivity index (χ0) is 19.0. The van der Waals surface area contributed by atoms with Crippen LogP contribution in [-0.2, 0) is 12.6 Å². The Morgan fingerprint density at radius 1 is 1.04 bits per heavy atom. The quantitative estimate of drug-likeness (QED) is 0.634. The number of benzene rings is 2. The van der Waals surface area contributed by atoms with Gasteiger partial charge in [-0.05, 0) is 44.4 Å². The van der Waals surface area contributed by atoms with Gasteiger partial charge >= 0.3 is 6.18 Å². The van der Waals surface area contributed by atoms with Gasteiger partial charge in [-0.25, -0.2) is 4.68 Å². The predicted molar refractivity (Wildman–Crippen MR) is 100 cm³/mol. The van der Waals surface area contributed by atoms with Gasteiger partial charge in [0.1, 0.15) is 5.82 Å². The van der Waals surface area contributed by atoms with Gasteiger partial charge in [-0.3, -0.25) is 0 Å². The molecule has 27 heavy (non-hydrogen) atoms. The fourth-order valence-corrected chi connectivity index (χ4v) is 3.60. The number of hydrogen-bond donors (Lipinski definition) is 1. The van der Waals surface area contributed by atoms with Crippen LogP contribution in [0.1, 0.15) is 29.5 Å². The summed E-state index contributed by atoms with van der Waals surface area (Å²) in [7, 11) is 0. The van der Waals surface area contributed by atoms with Crippen molar-refractivity contribution >= 4 is 5.82 Å². The van der Waals surface area contributed by atoms with E-state index in [9.17, 15) is 13.2 Å². The molecule has 0 radical (unpaired) electrons. The summed E-state index contributed by atoms with van der Waals surface area (Å²) in [5.74, 6) is 0.667. The van der Waals surface area contributed by atoms with E-state index in [0.29, 0.717) is 5.82 Å². The Hall–Kier alpha value is -2.76. The van der Waals surface area contributed by atoms with Gasteiger partial charge in [-0.1, -0.05) is 35.9 Å².